The van der Waals surface area contributed by atoms with Gasteiger partial charge in [0.25, 0.3) is 0 Å². The van der Waals surface area contributed by atoms with Crippen LogP contribution in [0.3, 0.4) is 0 Å². The smallest absolute Gasteiger partial charge is 0.0752 e. The third-order valence-electron chi connectivity index (χ3n) is 3.84. The molecule has 0 aliphatic heterocycles. The van der Waals surface area contributed by atoms with Gasteiger partial charge in [-0.15, -0.1) is 0 Å². The first-order chi connectivity index (χ1) is 9.60. The number of rotatable bonds is 4. The molecule has 1 N–H and O–H groups in total. The van der Waals surface area contributed by atoms with E-state index in [2.05, 4.69) is 45.0 Å². The van der Waals surface area contributed by atoms with Gasteiger partial charge < -0.3 is 0 Å². The van der Waals surface area contributed by atoms with Crippen LogP contribution in [0.5, 0.6) is 0 Å². The van der Waals surface area contributed by atoms with Crippen LogP contribution in [-0.2, 0) is 0 Å². The molecule has 1 aliphatic carbocycles. The summed E-state index contributed by atoms with van der Waals surface area (Å²) in [5, 5.41) is 8.06. The summed E-state index contributed by atoms with van der Waals surface area (Å²) in [5.41, 5.74) is 4.94. The fourth-order valence-electron chi connectivity index (χ4n) is 2.60. The Morgan fingerprint density at radius 1 is 1.30 bits per heavy atom. The summed E-state index contributed by atoms with van der Waals surface area (Å²) in [7, 11) is 0. The van der Waals surface area contributed by atoms with E-state index in [1.54, 1.807) is 0 Å². The molecule has 0 saturated heterocycles. The van der Waals surface area contributed by atoms with E-state index in [9.17, 15) is 0 Å². The van der Waals surface area contributed by atoms with Gasteiger partial charge in [0.05, 0.1) is 17.1 Å². The van der Waals surface area contributed by atoms with Crippen LogP contribution in [0.2, 0.25) is 0 Å². The van der Waals surface area contributed by atoms with Gasteiger partial charge in [-0.1, -0.05) is 43.5 Å². The molecule has 0 aromatic heterocycles. The molecule has 106 valence electrons. The summed E-state index contributed by atoms with van der Waals surface area (Å²) >= 11 is 0. The number of benzene rings is 1. The van der Waals surface area contributed by atoms with Gasteiger partial charge in [0.1, 0.15) is 0 Å². The molecule has 2 rings (SSSR count). The number of hydrogen-bond donors (Lipinski definition) is 1. The number of hydrogen-bond acceptors (Lipinski definition) is 2. The lowest BCUT2D eigenvalue weighted by Gasteiger charge is -2.19. The average molecular weight is 268 g/mol. The van der Waals surface area contributed by atoms with E-state index in [-0.39, 0.29) is 0 Å². The highest BCUT2D eigenvalue weighted by Crippen LogP contribution is 2.24. The Hall–Kier alpha value is -1.70. The van der Waals surface area contributed by atoms with Crippen LogP contribution in [0.1, 0.15) is 43.7 Å². The first kappa shape index (κ1) is 14.7. The van der Waals surface area contributed by atoms with Crippen LogP contribution in [0.15, 0.2) is 35.3 Å². The molecular weight excluding hydrogens is 244 g/mol. The van der Waals surface area contributed by atoms with Crippen molar-refractivity contribution >= 4 is 17.1 Å². The van der Waals surface area contributed by atoms with Crippen LogP contribution in [0.4, 0.5) is 5.69 Å². The summed E-state index contributed by atoms with van der Waals surface area (Å²) in [4.78, 5) is 4.74. The molecule has 1 atom stereocenters. The topological polar surface area (TPSA) is 36.2 Å². The first-order valence-corrected chi connectivity index (χ1v) is 7.52. The van der Waals surface area contributed by atoms with Crippen molar-refractivity contribution in [3.8, 4) is 0 Å². The monoisotopic (exact) mass is 268 g/mol. The SMILES string of the molecule is CCCCC1C=CC(=N)C(=Nc2ccc(C)cc2C)C1. The minimum absolute atomic E-state index is 0.550. The Balaban J connectivity index is 2.20. The molecule has 2 nitrogen and oxygen atoms in total. The van der Waals surface area contributed by atoms with Crippen LogP contribution < -0.4 is 0 Å². The van der Waals surface area contributed by atoms with Crippen LogP contribution in [-0.4, -0.2) is 11.4 Å². The van der Waals surface area contributed by atoms with Crippen molar-refractivity contribution in [1.29, 1.82) is 5.41 Å². The number of unbranched alkanes of at least 4 members (excludes halogenated alkanes) is 1. The van der Waals surface area contributed by atoms with Gasteiger partial charge >= 0.3 is 0 Å². The third-order valence-corrected chi connectivity index (χ3v) is 3.84. The maximum atomic E-state index is 8.06. The lowest BCUT2D eigenvalue weighted by Crippen LogP contribution is -2.19. The predicted octanol–water partition coefficient (Wildman–Crippen LogP) is 5.16. The number of nitrogens with one attached hydrogen (secondary N) is 1. The van der Waals surface area contributed by atoms with E-state index >= 15 is 0 Å². The largest absolute Gasteiger partial charge is 0.299 e. The Kier molecular flexibility index (Phi) is 4.89. The summed E-state index contributed by atoms with van der Waals surface area (Å²) in [6.07, 6.45) is 8.69. The summed E-state index contributed by atoms with van der Waals surface area (Å²) in [5.74, 6) is 0.550. The van der Waals surface area contributed by atoms with Crippen molar-refractivity contribution in [2.24, 2.45) is 10.9 Å². The fourth-order valence-corrected chi connectivity index (χ4v) is 2.60. The van der Waals surface area contributed by atoms with Crippen LogP contribution in [0.25, 0.3) is 0 Å². The predicted molar refractivity (Wildman–Crippen MR) is 87.5 cm³/mol. The van der Waals surface area contributed by atoms with Gasteiger partial charge in [-0.2, -0.15) is 0 Å². The zero-order valence-electron chi connectivity index (χ0n) is 12.7. The van der Waals surface area contributed by atoms with Crippen molar-refractivity contribution < 1.29 is 0 Å². The zero-order chi connectivity index (χ0) is 14.5. The van der Waals surface area contributed by atoms with E-state index in [1.165, 1.54) is 30.4 Å². The highest BCUT2D eigenvalue weighted by atomic mass is 14.8. The molecule has 20 heavy (non-hydrogen) atoms. The zero-order valence-corrected chi connectivity index (χ0v) is 12.7. The molecule has 0 radical (unpaired) electrons. The molecular formula is C18H24N2. The molecule has 1 aromatic rings. The standard InChI is InChI=1S/C18H24N2/c1-4-5-6-15-8-9-16(19)18(12-15)20-17-10-7-13(2)11-14(17)3/h7-11,15,19H,4-6,12H2,1-3H3. The highest BCUT2D eigenvalue weighted by Gasteiger charge is 2.17. The van der Waals surface area contributed by atoms with Gasteiger partial charge in [0.15, 0.2) is 0 Å². The Morgan fingerprint density at radius 3 is 2.80 bits per heavy atom. The van der Waals surface area contributed by atoms with E-state index in [1.807, 2.05) is 6.08 Å². The maximum Gasteiger partial charge on any atom is 0.0752 e. The van der Waals surface area contributed by atoms with E-state index in [0.29, 0.717) is 11.6 Å². The summed E-state index contributed by atoms with van der Waals surface area (Å²) in [6.45, 7) is 6.40. The third kappa shape index (κ3) is 3.66. The van der Waals surface area contributed by atoms with Crippen molar-refractivity contribution in [2.75, 3.05) is 0 Å². The fraction of sp³-hybridized carbons (Fsp3) is 0.444. The van der Waals surface area contributed by atoms with Crippen LogP contribution >= 0.6 is 0 Å². The number of aliphatic imine (C=N–C) groups is 1. The Labute approximate surface area is 122 Å². The highest BCUT2D eigenvalue weighted by molar-refractivity contribution is 6.46. The molecule has 0 amide bonds. The second kappa shape index (κ2) is 6.65. The van der Waals surface area contributed by atoms with Gasteiger partial charge in [0, 0.05) is 0 Å². The minimum Gasteiger partial charge on any atom is -0.299 e. The van der Waals surface area contributed by atoms with Crippen molar-refractivity contribution in [2.45, 2.75) is 46.5 Å². The molecule has 1 aliphatic rings. The lowest BCUT2D eigenvalue weighted by molar-refractivity contribution is 0.571. The summed E-state index contributed by atoms with van der Waals surface area (Å²) in [6, 6.07) is 6.30. The van der Waals surface area contributed by atoms with Gasteiger partial charge in [-0.3, -0.25) is 10.4 Å². The molecule has 0 saturated carbocycles. The van der Waals surface area contributed by atoms with E-state index < -0.39 is 0 Å². The molecule has 1 unspecified atom stereocenters. The molecule has 0 fully saturated rings. The minimum atomic E-state index is 0.550. The van der Waals surface area contributed by atoms with Gasteiger partial charge in [-0.25, -0.2) is 0 Å². The normalized spacial score (nSPS) is 20.6. The molecule has 1 aromatic carbocycles. The van der Waals surface area contributed by atoms with E-state index in [0.717, 1.165) is 17.8 Å². The second-order valence-electron chi connectivity index (χ2n) is 5.73. The van der Waals surface area contributed by atoms with E-state index in [4.69, 9.17) is 10.4 Å². The second-order valence-corrected chi connectivity index (χ2v) is 5.73. The Bertz CT molecular complexity index is 553. The first-order valence-electron chi connectivity index (χ1n) is 7.52. The summed E-state index contributed by atoms with van der Waals surface area (Å²) < 4.78 is 0. The molecule has 2 heteroatoms. The van der Waals surface area contributed by atoms with Crippen molar-refractivity contribution in [1.82, 2.24) is 0 Å². The average Bonchev–Trinajstić information content (AvgIpc) is 2.42. The van der Waals surface area contributed by atoms with Crippen molar-refractivity contribution in [3.63, 3.8) is 0 Å². The van der Waals surface area contributed by atoms with Gasteiger partial charge in [-0.05, 0) is 50.3 Å². The van der Waals surface area contributed by atoms with Gasteiger partial charge in [0.2, 0.25) is 0 Å². The molecule has 0 heterocycles. The molecule has 0 bridgehead atoms. The number of allylic oxidation sites excluding steroid dienone is 2. The number of nitrogens with zero attached hydrogens (tertiary/aromatic N) is 1. The maximum absolute atomic E-state index is 8.06. The quantitative estimate of drug-likeness (QED) is 0.783. The molecule has 0 spiro atoms. The van der Waals surface area contributed by atoms with Crippen molar-refractivity contribution in [3.05, 3.63) is 41.5 Å². The number of aryl methyl sites for hydroxylation is 2. The lowest BCUT2D eigenvalue weighted by atomic mass is 9.89. The van der Waals surface area contributed by atoms with Crippen LogP contribution in [0, 0.1) is 25.2 Å². The Morgan fingerprint density at radius 2 is 2.10 bits per heavy atom.